The lowest BCUT2D eigenvalue weighted by Gasteiger charge is -1.99. The van der Waals surface area contributed by atoms with Gasteiger partial charge in [0.05, 0.1) is 12.1 Å². The van der Waals surface area contributed by atoms with E-state index in [9.17, 15) is 9.59 Å². The molecule has 2 heterocycles. The van der Waals surface area contributed by atoms with Crippen LogP contribution in [-0.2, 0) is 11.8 Å². The molecule has 1 unspecified atom stereocenters. The summed E-state index contributed by atoms with van der Waals surface area (Å²) in [5, 5.41) is 0. The van der Waals surface area contributed by atoms with Crippen LogP contribution in [0.25, 0.3) is 0 Å². The van der Waals surface area contributed by atoms with Gasteiger partial charge in [-0.15, -0.1) is 0 Å². The van der Waals surface area contributed by atoms with Crippen molar-refractivity contribution < 1.29 is 14.1 Å². The first-order chi connectivity index (χ1) is 7.40. The topological polar surface area (TPSA) is 64.7 Å². The summed E-state index contributed by atoms with van der Waals surface area (Å²) in [4.78, 5) is 22.5. The number of nitrogens with zero attached hydrogens (tertiary/aromatic N) is 2. The van der Waals surface area contributed by atoms with E-state index < -0.39 is 0 Å². The van der Waals surface area contributed by atoms with Gasteiger partial charge < -0.3 is 14.2 Å². The first-order valence-corrected chi connectivity index (χ1v) is 4.95. The van der Waals surface area contributed by atoms with Gasteiger partial charge >= 0.3 is 11.7 Å². The lowest BCUT2D eigenvalue weighted by atomic mass is 10.4. The van der Waals surface area contributed by atoms with E-state index in [1.807, 2.05) is 6.92 Å². The highest BCUT2D eigenvalue weighted by molar-refractivity contribution is 5.69. The average molecular weight is 228 g/mol. The SMILES string of the molecule is CC1CN(C)C(=O)O1.Cc1cn(C)oc1=O. The number of ether oxygens (including phenoxy) is 1. The van der Waals surface area contributed by atoms with Gasteiger partial charge in [-0.3, -0.25) is 0 Å². The zero-order valence-corrected chi connectivity index (χ0v) is 9.89. The summed E-state index contributed by atoms with van der Waals surface area (Å²) in [5.41, 5.74) is 0.389. The Labute approximate surface area is 93.4 Å². The van der Waals surface area contributed by atoms with Crippen LogP contribution in [0.1, 0.15) is 12.5 Å². The van der Waals surface area contributed by atoms with Gasteiger partial charge in [0.1, 0.15) is 6.10 Å². The summed E-state index contributed by atoms with van der Waals surface area (Å²) < 4.78 is 10.7. The molecule has 1 atom stereocenters. The third kappa shape index (κ3) is 3.15. The lowest BCUT2D eigenvalue weighted by molar-refractivity contribution is 0.141. The van der Waals surface area contributed by atoms with E-state index in [0.29, 0.717) is 5.56 Å². The number of rotatable bonds is 0. The second kappa shape index (κ2) is 4.87. The monoisotopic (exact) mass is 228 g/mol. The second-order valence-corrected chi connectivity index (χ2v) is 3.81. The molecule has 0 radical (unpaired) electrons. The molecule has 1 aromatic rings. The number of likely N-dealkylation sites (N-methyl/N-ethyl adjacent to an activating group) is 1. The Bertz CT molecular complexity index is 421. The van der Waals surface area contributed by atoms with Crippen molar-refractivity contribution in [3.63, 3.8) is 0 Å². The molecule has 1 amide bonds. The summed E-state index contributed by atoms with van der Waals surface area (Å²) in [5.74, 6) is 0. The molecule has 1 aromatic heterocycles. The Morgan fingerprint density at radius 1 is 1.38 bits per heavy atom. The quantitative estimate of drug-likeness (QED) is 0.657. The van der Waals surface area contributed by atoms with Gasteiger partial charge in [-0.2, -0.15) is 0 Å². The van der Waals surface area contributed by atoms with Crippen LogP contribution in [0, 0.1) is 6.92 Å². The molecule has 1 aliphatic heterocycles. The molecule has 0 aliphatic carbocycles. The van der Waals surface area contributed by atoms with Gasteiger partial charge in [-0.05, 0) is 13.8 Å². The Hall–Kier alpha value is -1.72. The highest BCUT2D eigenvalue weighted by atomic mass is 16.6. The molecule has 16 heavy (non-hydrogen) atoms. The number of carbonyl (C=O) groups excluding carboxylic acids is 1. The molecular formula is C10H16N2O4. The zero-order valence-electron chi connectivity index (χ0n) is 9.89. The van der Waals surface area contributed by atoms with E-state index in [2.05, 4.69) is 4.52 Å². The zero-order chi connectivity index (χ0) is 12.3. The molecule has 0 saturated carbocycles. The molecule has 1 saturated heterocycles. The molecule has 1 aliphatic rings. The molecule has 0 N–H and O–H groups in total. The number of amides is 1. The van der Waals surface area contributed by atoms with Gasteiger partial charge in [-0.1, -0.05) is 0 Å². The molecule has 90 valence electrons. The van der Waals surface area contributed by atoms with Gasteiger partial charge in [0.25, 0.3) is 0 Å². The minimum atomic E-state index is -0.257. The fraction of sp³-hybridized carbons (Fsp3) is 0.600. The number of carbonyl (C=O) groups is 1. The van der Waals surface area contributed by atoms with Crippen LogP contribution in [0.3, 0.4) is 0 Å². The molecule has 0 bridgehead atoms. The van der Waals surface area contributed by atoms with Gasteiger partial charge in [0.2, 0.25) is 0 Å². The minimum Gasteiger partial charge on any atom is -0.445 e. The Morgan fingerprint density at radius 2 is 2.00 bits per heavy atom. The molecule has 0 spiro atoms. The molecule has 6 nitrogen and oxygen atoms in total. The summed E-state index contributed by atoms with van der Waals surface area (Å²) >= 11 is 0. The van der Waals surface area contributed by atoms with Crippen molar-refractivity contribution in [1.82, 2.24) is 9.64 Å². The number of hydrogen-bond acceptors (Lipinski definition) is 4. The maximum atomic E-state index is 10.5. The Balaban J connectivity index is 0.000000160. The Kier molecular flexibility index (Phi) is 3.76. The van der Waals surface area contributed by atoms with E-state index in [1.54, 1.807) is 32.1 Å². The number of aryl methyl sites for hydroxylation is 2. The third-order valence-corrected chi connectivity index (χ3v) is 2.07. The fourth-order valence-corrected chi connectivity index (χ4v) is 1.31. The van der Waals surface area contributed by atoms with E-state index in [-0.39, 0.29) is 17.8 Å². The predicted octanol–water partition coefficient (Wildman–Crippen LogP) is 0.744. The maximum absolute atomic E-state index is 10.5. The minimum absolute atomic E-state index is 0.0764. The van der Waals surface area contributed by atoms with Crippen molar-refractivity contribution in [3.8, 4) is 0 Å². The van der Waals surface area contributed by atoms with Crippen molar-refractivity contribution in [1.29, 1.82) is 0 Å². The van der Waals surface area contributed by atoms with Crippen LogP contribution in [-0.4, -0.2) is 35.4 Å². The van der Waals surface area contributed by atoms with E-state index in [1.165, 1.54) is 4.74 Å². The molecule has 2 rings (SSSR count). The van der Waals surface area contributed by atoms with Crippen LogP contribution in [0.15, 0.2) is 15.5 Å². The van der Waals surface area contributed by atoms with Crippen molar-refractivity contribution in [2.45, 2.75) is 20.0 Å². The van der Waals surface area contributed by atoms with E-state index in [4.69, 9.17) is 4.74 Å². The van der Waals surface area contributed by atoms with Crippen molar-refractivity contribution >= 4 is 6.09 Å². The van der Waals surface area contributed by atoms with Crippen LogP contribution < -0.4 is 5.63 Å². The van der Waals surface area contributed by atoms with Gasteiger partial charge in [0, 0.05) is 20.3 Å². The summed E-state index contributed by atoms with van der Waals surface area (Å²) in [6.45, 7) is 4.31. The second-order valence-electron chi connectivity index (χ2n) is 3.81. The van der Waals surface area contributed by atoms with Crippen LogP contribution >= 0.6 is 0 Å². The van der Waals surface area contributed by atoms with E-state index in [0.717, 1.165) is 6.54 Å². The molecular weight excluding hydrogens is 212 g/mol. The first-order valence-electron chi connectivity index (χ1n) is 4.95. The fourth-order valence-electron chi connectivity index (χ4n) is 1.31. The largest absolute Gasteiger partial charge is 0.445 e. The first kappa shape index (κ1) is 12.4. The van der Waals surface area contributed by atoms with Crippen molar-refractivity contribution in [2.75, 3.05) is 13.6 Å². The lowest BCUT2D eigenvalue weighted by Crippen LogP contribution is -2.18. The Morgan fingerprint density at radius 3 is 2.12 bits per heavy atom. The molecule has 0 aromatic carbocycles. The number of aromatic nitrogens is 1. The predicted molar refractivity (Wildman–Crippen MR) is 57.3 cm³/mol. The van der Waals surface area contributed by atoms with Crippen LogP contribution in [0.2, 0.25) is 0 Å². The highest BCUT2D eigenvalue weighted by Gasteiger charge is 2.23. The van der Waals surface area contributed by atoms with Crippen LogP contribution in [0.5, 0.6) is 0 Å². The van der Waals surface area contributed by atoms with Gasteiger partial charge in [-0.25, -0.2) is 14.3 Å². The third-order valence-electron chi connectivity index (χ3n) is 2.07. The summed E-state index contributed by atoms with van der Waals surface area (Å²) in [6.07, 6.45) is 1.51. The smallest absolute Gasteiger partial charge is 0.409 e. The van der Waals surface area contributed by atoms with Gasteiger partial charge in [0.15, 0.2) is 0 Å². The van der Waals surface area contributed by atoms with E-state index >= 15 is 0 Å². The molecule has 6 heteroatoms. The summed E-state index contributed by atoms with van der Waals surface area (Å²) in [6, 6.07) is 0. The summed E-state index contributed by atoms with van der Waals surface area (Å²) in [7, 11) is 3.40. The maximum Gasteiger partial charge on any atom is 0.409 e. The highest BCUT2D eigenvalue weighted by Crippen LogP contribution is 2.06. The van der Waals surface area contributed by atoms with Crippen LogP contribution in [0.4, 0.5) is 4.79 Å². The van der Waals surface area contributed by atoms with Crippen molar-refractivity contribution in [3.05, 3.63) is 22.2 Å². The molecule has 1 fully saturated rings. The standard InChI is InChI=1S/C5H9NO2.C5H7NO2/c1-4-3-6(2)5(7)8-4;1-4-3-6(2)8-5(4)7/h4H,3H2,1-2H3;3H,1-2H3. The number of hydrogen-bond donors (Lipinski definition) is 0. The normalized spacial score (nSPS) is 19.1. The average Bonchev–Trinajstić information content (AvgIpc) is 2.58. The van der Waals surface area contributed by atoms with Crippen molar-refractivity contribution in [2.24, 2.45) is 7.05 Å². The number of cyclic esters (lactones) is 1.